The third kappa shape index (κ3) is 3.62. The summed E-state index contributed by atoms with van der Waals surface area (Å²) < 4.78 is 19.7. The van der Waals surface area contributed by atoms with Gasteiger partial charge in [-0.1, -0.05) is 31.0 Å². The highest BCUT2D eigenvalue weighted by molar-refractivity contribution is 5.89. The van der Waals surface area contributed by atoms with E-state index in [0.717, 1.165) is 19.0 Å². The van der Waals surface area contributed by atoms with Gasteiger partial charge < -0.3 is 9.32 Å². The van der Waals surface area contributed by atoms with E-state index in [-0.39, 0.29) is 5.57 Å². The highest BCUT2D eigenvalue weighted by Gasteiger charge is 2.14. The Balaban J connectivity index is 1.84. The van der Waals surface area contributed by atoms with E-state index < -0.39 is 5.82 Å². The van der Waals surface area contributed by atoms with Crippen molar-refractivity contribution < 1.29 is 8.81 Å². The Morgan fingerprint density at radius 1 is 1.09 bits per heavy atom. The van der Waals surface area contributed by atoms with Gasteiger partial charge in [0.25, 0.3) is 0 Å². The average Bonchev–Trinajstić information content (AvgIpc) is 2.86. The fraction of sp³-hybridized carbons (Fsp3) is 0.316. The third-order valence-electron chi connectivity index (χ3n) is 4.10. The molecule has 0 radical (unpaired) electrons. The van der Waals surface area contributed by atoms with E-state index in [2.05, 4.69) is 11.0 Å². The van der Waals surface area contributed by atoms with Gasteiger partial charge >= 0.3 is 0 Å². The fourth-order valence-corrected chi connectivity index (χ4v) is 2.87. The van der Waals surface area contributed by atoms with Crippen molar-refractivity contribution in [2.75, 3.05) is 18.0 Å². The first-order valence-electron chi connectivity index (χ1n) is 7.99. The van der Waals surface area contributed by atoms with Crippen LogP contribution in [0.1, 0.15) is 37.0 Å². The normalized spacial score (nSPS) is 16.0. The molecular weight excluding hydrogens is 291 g/mol. The monoisotopic (exact) mass is 310 g/mol. The van der Waals surface area contributed by atoms with Gasteiger partial charge in [-0.3, -0.25) is 0 Å². The van der Waals surface area contributed by atoms with Crippen molar-refractivity contribution in [2.24, 2.45) is 0 Å². The Bertz CT molecular complexity index is 734. The summed E-state index contributed by atoms with van der Waals surface area (Å²) in [5.74, 6) is 0.993. The molecule has 0 bridgehead atoms. The van der Waals surface area contributed by atoms with Gasteiger partial charge in [-0.05, 0) is 31.1 Å². The maximum absolute atomic E-state index is 13.8. The van der Waals surface area contributed by atoms with E-state index in [1.807, 2.05) is 12.1 Å². The molecule has 0 aliphatic carbocycles. The Hall–Kier alpha value is -2.54. The molecule has 0 spiro atoms. The number of benzene rings is 1. The summed E-state index contributed by atoms with van der Waals surface area (Å²) in [7, 11) is 0. The van der Waals surface area contributed by atoms with Gasteiger partial charge in [0.2, 0.25) is 0 Å². The van der Waals surface area contributed by atoms with Crippen molar-refractivity contribution >= 4 is 17.5 Å². The van der Waals surface area contributed by atoms with Crippen LogP contribution in [0.5, 0.6) is 0 Å². The van der Waals surface area contributed by atoms with E-state index in [1.165, 1.54) is 31.7 Å². The summed E-state index contributed by atoms with van der Waals surface area (Å²) in [5.41, 5.74) is 0.558. The molecule has 2 heterocycles. The molecule has 0 unspecified atom stereocenters. The van der Waals surface area contributed by atoms with Crippen LogP contribution in [0, 0.1) is 17.1 Å². The number of hydrogen-bond acceptors (Lipinski definition) is 3. The molecule has 23 heavy (non-hydrogen) atoms. The van der Waals surface area contributed by atoms with Gasteiger partial charge in [0.1, 0.15) is 11.6 Å². The van der Waals surface area contributed by atoms with E-state index in [0.29, 0.717) is 11.3 Å². The van der Waals surface area contributed by atoms with Gasteiger partial charge in [-0.2, -0.15) is 5.26 Å². The average molecular weight is 310 g/mol. The molecule has 2 aromatic rings. The largest absolute Gasteiger partial charge is 0.441 e. The van der Waals surface area contributed by atoms with E-state index in [1.54, 1.807) is 24.3 Å². The fourth-order valence-electron chi connectivity index (χ4n) is 2.87. The van der Waals surface area contributed by atoms with Gasteiger partial charge in [0.05, 0.1) is 11.6 Å². The molecule has 1 fully saturated rings. The van der Waals surface area contributed by atoms with Crippen LogP contribution in [0.25, 0.3) is 11.6 Å². The van der Waals surface area contributed by atoms with E-state index >= 15 is 0 Å². The number of anilines is 1. The SMILES string of the molecule is N#CC(=Cc1ccc(N2CCCCCC2)o1)c1ccccc1F. The first-order chi connectivity index (χ1) is 11.3. The van der Waals surface area contributed by atoms with Crippen molar-refractivity contribution in [3.8, 4) is 6.07 Å². The molecular formula is C19H19FN2O. The molecule has 1 aromatic carbocycles. The van der Waals surface area contributed by atoms with Crippen molar-refractivity contribution in [3.05, 3.63) is 53.5 Å². The molecule has 0 amide bonds. The first kappa shape index (κ1) is 15.4. The second-order valence-electron chi connectivity index (χ2n) is 5.73. The number of hydrogen-bond donors (Lipinski definition) is 0. The highest BCUT2D eigenvalue weighted by Crippen LogP contribution is 2.26. The summed E-state index contributed by atoms with van der Waals surface area (Å²) >= 11 is 0. The number of furan rings is 1. The number of rotatable bonds is 3. The number of halogens is 1. The van der Waals surface area contributed by atoms with Crippen LogP contribution in [0.3, 0.4) is 0 Å². The van der Waals surface area contributed by atoms with Crippen LogP contribution in [-0.4, -0.2) is 13.1 Å². The lowest BCUT2D eigenvalue weighted by atomic mass is 10.1. The Morgan fingerprint density at radius 3 is 2.52 bits per heavy atom. The maximum Gasteiger partial charge on any atom is 0.196 e. The van der Waals surface area contributed by atoms with Crippen molar-refractivity contribution in [3.63, 3.8) is 0 Å². The quantitative estimate of drug-likeness (QED) is 0.760. The molecule has 0 atom stereocenters. The van der Waals surface area contributed by atoms with E-state index in [9.17, 15) is 9.65 Å². The second kappa shape index (κ2) is 7.15. The lowest BCUT2D eigenvalue weighted by Crippen LogP contribution is -2.23. The number of nitriles is 1. The van der Waals surface area contributed by atoms with Crippen LogP contribution in [-0.2, 0) is 0 Å². The van der Waals surface area contributed by atoms with Crippen LogP contribution in [0.2, 0.25) is 0 Å². The molecule has 118 valence electrons. The van der Waals surface area contributed by atoms with Crippen LogP contribution in [0.15, 0.2) is 40.8 Å². The molecule has 3 rings (SSSR count). The number of nitrogens with zero attached hydrogens (tertiary/aromatic N) is 2. The molecule has 4 heteroatoms. The zero-order valence-electron chi connectivity index (χ0n) is 13.0. The number of allylic oxidation sites excluding steroid dienone is 1. The van der Waals surface area contributed by atoms with Gasteiger partial charge in [-0.25, -0.2) is 4.39 Å². The molecule has 1 aliphatic heterocycles. The Labute approximate surface area is 135 Å². The molecule has 0 N–H and O–H groups in total. The summed E-state index contributed by atoms with van der Waals surface area (Å²) in [6, 6.07) is 12.1. The summed E-state index contributed by atoms with van der Waals surface area (Å²) in [4.78, 5) is 2.24. The maximum atomic E-state index is 13.8. The lowest BCUT2D eigenvalue weighted by Gasteiger charge is -2.18. The summed E-state index contributed by atoms with van der Waals surface area (Å²) in [5, 5.41) is 9.32. The summed E-state index contributed by atoms with van der Waals surface area (Å²) in [6.07, 6.45) is 6.46. The van der Waals surface area contributed by atoms with Crippen molar-refractivity contribution in [1.82, 2.24) is 0 Å². The van der Waals surface area contributed by atoms with Gasteiger partial charge in [0, 0.05) is 24.7 Å². The van der Waals surface area contributed by atoms with Crippen LogP contribution < -0.4 is 4.90 Å². The molecule has 0 saturated carbocycles. The zero-order valence-corrected chi connectivity index (χ0v) is 13.0. The second-order valence-corrected chi connectivity index (χ2v) is 5.73. The van der Waals surface area contributed by atoms with Crippen LogP contribution in [0.4, 0.5) is 10.3 Å². The van der Waals surface area contributed by atoms with Gasteiger partial charge in [0.15, 0.2) is 5.88 Å². The van der Waals surface area contributed by atoms with E-state index in [4.69, 9.17) is 4.42 Å². The minimum absolute atomic E-state index is 0.264. The third-order valence-corrected chi connectivity index (χ3v) is 4.10. The lowest BCUT2D eigenvalue weighted by molar-refractivity contribution is 0.536. The predicted octanol–water partition coefficient (Wildman–Crippen LogP) is 4.86. The molecule has 3 nitrogen and oxygen atoms in total. The van der Waals surface area contributed by atoms with Gasteiger partial charge in [-0.15, -0.1) is 0 Å². The Kier molecular flexibility index (Phi) is 4.77. The van der Waals surface area contributed by atoms with Crippen molar-refractivity contribution in [2.45, 2.75) is 25.7 Å². The highest BCUT2D eigenvalue weighted by atomic mass is 19.1. The zero-order chi connectivity index (χ0) is 16.1. The topological polar surface area (TPSA) is 40.2 Å². The molecule has 1 aliphatic rings. The minimum Gasteiger partial charge on any atom is -0.441 e. The standard InChI is InChI=1S/C19H19FN2O/c20-18-8-4-3-7-17(18)15(14-21)13-16-9-10-19(23-16)22-11-5-1-2-6-12-22/h3-4,7-10,13H,1-2,5-6,11-12H2. The summed E-state index contributed by atoms with van der Waals surface area (Å²) in [6.45, 7) is 1.99. The van der Waals surface area contributed by atoms with Crippen molar-refractivity contribution in [1.29, 1.82) is 5.26 Å². The Morgan fingerprint density at radius 2 is 1.83 bits per heavy atom. The predicted molar refractivity (Wildman–Crippen MR) is 89.3 cm³/mol. The smallest absolute Gasteiger partial charge is 0.196 e. The molecule has 1 saturated heterocycles. The molecule has 1 aromatic heterocycles. The first-order valence-corrected chi connectivity index (χ1v) is 7.99. The van der Waals surface area contributed by atoms with Crippen LogP contribution >= 0.6 is 0 Å². The minimum atomic E-state index is -0.403.